The maximum atomic E-state index is 11.9. The smallest absolute Gasteiger partial charge is 0.262 e. The van der Waals surface area contributed by atoms with Crippen molar-refractivity contribution >= 4 is 23.4 Å². The number of rotatable bonds is 1. The van der Waals surface area contributed by atoms with E-state index in [0.717, 1.165) is 6.42 Å². The molecule has 0 saturated carbocycles. The normalized spacial score (nSPS) is 15.8. The Labute approximate surface area is 91.9 Å². The molecule has 0 radical (unpaired) electrons. The summed E-state index contributed by atoms with van der Waals surface area (Å²) < 4.78 is 0. The van der Waals surface area contributed by atoms with Gasteiger partial charge in [0.2, 0.25) is 5.91 Å². The average molecular weight is 225 g/mol. The van der Waals surface area contributed by atoms with Crippen LogP contribution in [-0.2, 0) is 4.79 Å². The number of aromatic nitrogens is 1. The van der Waals surface area contributed by atoms with Gasteiger partial charge in [-0.05, 0) is 12.5 Å². The third-order valence-corrected chi connectivity index (χ3v) is 2.62. The van der Waals surface area contributed by atoms with E-state index in [1.807, 2.05) is 0 Å². The molecule has 2 rings (SSSR count). The molecule has 1 aromatic heterocycles. The van der Waals surface area contributed by atoms with Crippen molar-refractivity contribution in [1.82, 2.24) is 9.88 Å². The molecule has 1 fully saturated rings. The lowest BCUT2D eigenvalue weighted by Gasteiger charge is -2.13. The van der Waals surface area contributed by atoms with E-state index in [2.05, 4.69) is 4.98 Å². The molecule has 0 aromatic carbocycles. The number of hydrogen-bond donors (Lipinski definition) is 0. The monoisotopic (exact) mass is 224 g/mol. The van der Waals surface area contributed by atoms with Crippen LogP contribution in [0.1, 0.15) is 23.2 Å². The highest BCUT2D eigenvalue weighted by Crippen LogP contribution is 2.19. The van der Waals surface area contributed by atoms with Gasteiger partial charge >= 0.3 is 0 Å². The molecule has 5 heteroatoms. The molecule has 15 heavy (non-hydrogen) atoms. The zero-order valence-corrected chi connectivity index (χ0v) is 8.70. The van der Waals surface area contributed by atoms with Crippen LogP contribution in [0.25, 0.3) is 0 Å². The third-order valence-electron chi connectivity index (χ3n) is 2.32. The molecular formula is C10H9ClN2O2. The number of hydrogen-bond acceptors (Lipinski definition) is 3. The maximum absolute atomic E-state index is 11.9. The summed E-state index contributed by atoms with van der Waals surface area (Å²) in [6.07, 6.45) is 4.05. The molecule has 1 saturated heterocycles. The fourth-order valence-corrected chi connectivity index (χ4v) is 1.76. The molecule has 78 valence electrons. The molecule has 4 nitrogen and oxygen atoms in total. The summed E-state index contributed by atoms with van der Waals surface area (Å²) >= 11 is 5.82. The first kappa shape index (κ1) is 10.1. The minimum atomic E-state index is -0.329. The van der Waals surface area contributed by atoms with Gasteiger partial charge in [-0.1, -0.05) is 11.6 Å². The van der Waals surface area contributed by atoms with Gasteiger partial charge in [0.15, 0.2) is 0 Å². The van der Waals surface area contributed by atoms with Gasteiger partial charge < -0.3 is 0 Å². The zero-order valence-electron chi connectivity index (χ0n) is 7.94. The van der Waals surface area contributed by atoms with Gasteiger partial charge in [0.1, 0.15) is 0 Å². The highest BCUT2D eigenvalue weighted by molar-refractivity contribution is 6.34. The van der Waals surface area contributed by atoms with Crippen LogP contribution in [0.5, 0.6) is 0 Å². The largest absolute Gasteiger partial charge is 0.278 e. The highest BCUT2D eigenvalue weighted by atomic mass is 35.5. The lowest BCUT2D eigenvalue weighted by Crippen LogP contribution is -2.32. The standard InChI is InChI=1S/C10H9ClN2O2/c11-8-6-12-4-3-7(8)10(15)13-5-1-2-9(13)14/h3-4,6H,1-2,5H2. The second-order valence-corrected chi connectivity index (χ2v) is 3.72. The van der Waals surface area contributed by atoms with E-state index < -0.39 is 0 Å². The molecule has 0 atom stereocenters. The SMILES string of the molecule is O=C1CCCN1C(=O)c1ccncc1Cl. The number of pyridine rings is 1. The van der Waals surface area contributed by atoms with Crippen LogP contribution in [0.3, 0.4) is 0 Å². The number of likely N-dealkylation sites (tertiary alicyclic amines) is 1. The number of nitrogens with zero attached hydrogens (tertiary/aromatic N) is 2. The quantitative estimate of drug-likeness (QED) is 0.680. The number of carbonyl (C=O) groups is 2. The molecule has 1 aromatic rings. The molecule has 2 amide bonds. The van der Waals surface area contributed by atoms with Crippen LogP contribution in [0.15, 0.2) is 18.5 Å². The molecule has 0 spiro atoms. The maximum Gasteiger partial charge on any atom is 0.262 e. The van der Waals surface area contributed by atoms with Crippen molar-refractivity contribution in [2.24, 2.45) is 0 Å². The predicted molar refractivity (Wildman–Crippen MR) is 54.5 cm³/mol. The minimum absolute atomic E-state index is 0.132. The summed E-state index contributed by atoms with van der Waals surface area (Å²) in [5, 5.41) is 0.280. The Morgan fingerprint density at radius 1 is 1.53 bits per heavy atom. The van der Waals surface area contributed by atoms with Gasteiger partial charge in [-0.25, -0.2) is 0 Å². The van der Waals surface area contributed by atoms with Gasteiger partial charge in [0, 0.05) is 25.4 Å². The molecule has 0 aliphatic carbocycles. The second kappa shape index (κ2) is 3.98. The summed E-state index contributed by atoms with van der Waals surface area (Å²) in [7, 11) is 0. The molecule has 1 aliphatic heterocycles. The first-order chi connectivity index (χ1) is 7.20. The predicted octanol–water partition coefficient (Wildman–Crippen LogP) is 1.50. The highest BCUT2D eigenvalue weighted by Gasteiger charge is 2.28. The molecule has 0 unspecified atom stereocenters. The molecule has 2 heterocycles. The van der Waals surface area contributed by atoms with Crippen molar-refractivity contribution in [3.8, 4) is 0 Å². The van der Waals surface area contributed by atoms with Crippen molar-refractivity contribution in [2.75, 3.05) is 6.54 Å². The molecule has 1 aliphatic rings. The van der Waals surface area contributed by atoms with Crippen molar-refractivity contribution in [3.05, 3.63) is 29.0 Å². The lowest BCUT2D eigenvalue weighted by atomic mass is 10.2. The van der Waals surface area contributed by atoms with Crippen LogP contribution in [0.4, 0.5) is 0 Å². The average Bonchev–Trinajstić information content (AvgIpc) is 2.64. The Balaban J connectivity index is 2.28. The molecule has 0 N–H and O–H groups in total. The van der Waals surface area contributed by atoms with Gasteiger partial charge in [0.05, 0.1) is 10.6 Å². The van der Waals surface area contributed by atoms with Crippen LogP contribution in [0, 0.1) is 0 Å². The van der Waals surface area contributed by atoms with Gasteiger partial charge in [-0.15, -0.1) is 0 Å². The van der Waals surface area contributed by atoms with Gasteiger partial charge in [-0.2, -0.15) is 0 Å². The van der Waals surface area contributed by atoms with E-state index in [-0.39, 0.29) is 16.8 Å². The second-order valence-electron chi connectivity index (χ2n) is 3.31. The Morgan fingerprint density at radius 3 is 2.93 bits per heavy atom. The zero-order chi connectivity index (χ0) is 10.8. The van der Waals surface area contributed by atoms with Crippen molar-refractivity contribution < 1.29 is 9.59 Å². The van der Waals surface area contributed by atoms with Crippen LogP contribution in [0.2, 0.25) is 5.02 Å². The van der Waals surface area contributed by atoms with E-state index in [0.29, 0.717) is 18.5 Å². The Hall–Kier alpha value is -1.42. The van der Waals surface area contributed by atoms with Gasteiger partial charge in [-0.3, -0.25) is 19.5 Å². The summed E-state index contributed by atoms with van der Waals surface area (Å²) in [6.45, 7) is 0.482. The van der Waals surface area contributed by atoms with E-state index in [1.54, 1.807) is 0 Å². The van der Waals surface area contributed by atoms with Crippen LogP contribution in [-0.4, -0.2) is 28.2 Å². The van der Waals surface area contributed by atoms with E-state index in [4.69, 9.17) is 11.6 Å². The summed E-state index contributed by atoms with van der Waals surface area (Å²) in [5.74, 6) is -0.460. The van der Waals surface area contributed by atoms with Crippen LogP contribution < -0.4 is 0 Å². The Kier molecular flexibility index (Phi) is 2.68. The van der Waals surface area contributed by atoms with E-state index >= 15 is 0 Å². The Morgan fingerprint density at radius 2 is 2.33 bits per heavy atom. The van der Waals surface area contributed by atoms with Crippen molar-refractivity contribution in [3.63, 3.8) is 0 Å². The number of imide groups is 1. The fraction of sp³-hybridized carbons (Fsp3) is 0.300. The van der Waals surface area contributed by atoms with Crippen molar-refractivity contribution in [1.29, 1.82) is 0 Å². The number of carbonyl (C=O) groups excluding carboxylic acids is 2. The fourth-order valence-electron chi connectivity index (χ4n) is 1.56. The Bertz CT molecular complexity index is 420. The summed E-state index contributed by atoms with van der Waals surface area (Å²) in [5.41, 5.74) is 0.335. The summed E-state index contributed by atoms with van der Waals surface area (Å²) in [4.78, 5) is 28.2. The molecule has 0 bridgehead atoms. The first-order valence-electron chi connectivity index (χ1n) is 4.64. The van der Waals surface area contributed by atoms with Crippen molar-refractivity contribution in [2.45, 2.75) is 12.8 Å². The van der Waals surface area contributed by atoms with Crippen LogP contribution >= 0.6 is 11.6 Å². The minimum Gasteiger partial charge on any atom is -0.278 e. The topological polar surface area (TPSA) is 50.3 Å². The lowest BCUT2D eigenvalue weighted by molar-refractivity contribution is -0.125. The number of amides is 2. The molecular weight excluding hydrogens is 216 g/mol. The van der Waals surface area contributed by atoms with E-state index in [9.17, 15) is 9.59 Å². The first-order valence-corrected chi connectivity index (χ1v) is 5.02. The van der Waals surface area contributed by atoms with Gasteiger partial charge in [0.25, 0.3) is 5.91 Å². The number of halogens is 1. The van der Waals surface area contributed by atoms with E-state index in [1.165, 1.54) is 23.4 Å². The third kappa shape index (κ3) is 1.85. The summed E-state index contributed by atoms with van der Waals surface area (Å²) in [6, 6.07) is 1.52.